The molecule has 1 N–H and O–H groups in total. The van der Waals surface area contributed by atoms with Gasteiger partial charge in [-0.1, -0.05) is 0 Å². The Labute approximate surface area is 214 Å². The van der Waals surface area contributed by atoms with Gasteiger partial charge in [0.05, 0.1) is 22.9 Å². The van der Waals surface area contributed by atoms with Gasteiger partial charge in [-0.25, -0.2) is 4.72 Å². The first-order valence-corrected chi connectivity index (χ1v) is 13.1. The van der Waals surface area contributed by atoms with E-state index >= 15 is 0 Å². The minimum absolute atomic E-state index is 0.0493. The van der Waals surface area contributed by atoms with Crippen LogP contribution in [0.25, 0.3) is 0 Å². The minimum atomic E-state index is -4.78. The van der Waals surface area contributed by atoms with E-state index in [1.807, 2.05) is 19.0 Å². The third-order valence-electron chi connectivity index (χ3n) is 6.39. The number of carbonyl (C=O) groups is 1. The SMILES string of the molecule is CN(C)CCNS(=O)(=O)N1CCC(N2C(=S)N(c3ccc(C#N)c(C(F)(F)F)c3)C(=O)C2(C)C)CC1. The van der Waals surface area contributed by atoms with E-state index in [9.17, 15) is 26.4 Å². The second-order valence-corrected chi connectivity index (χ2v) is 11.6. The van der Waals surface area contributed by atoms with Crippen molar-refractivity contribution in [3.05, 3.63) is 29.3 Å². The van der Waals surface area contributed by atoms with Gasteiger partial charge >= 0.3 is 6.18 Å². The first-order valence-electron chi connectivity index (χ1n) is 11.3. The van der Waals surface area contributed by atoms with Crippen LogP contribution in [-0.4, -0.2) is 85.4 Å². The van der Waals surface area contributed by atoms with Gasteiger partial charge in [-0.3, -0.25) is 9.69 Å². The molecule has 0 saturated carbocycles. The minimum Gasteiger partial charge on any atom is -0.331 e. The molecule has 1 aromatic rings. The molecule has 198 valence electrons. The van der Waals surface area contributed by atoms with Crippen molar-refractivity contribution >= 4 is 39.1 Å². The van der Waals surface area contributed by atoms with Crippen LogP contribution in [0.3, 0.4) is 0 Å². The maximum Gasteiger partial charge on any atom is 0.417 e. The van der Waals surface area contributed by atoms with Crippen LogP contribution < -0.4 is 9.62 Å². The van der Waals surface area contributed by atoms with Gasteiger partial charge in [-0.2, -0.15) is 31.2 Å². The lowest BCUT2D eigenvalue weighted by Crippen LogP contribution is -2.55. The summed E-state index contributed by atoms with van der Waals surface area (Å²) < 4.78 is 69.7. The number of piperidine rings is 1. The molecule has 2 saturated heterocycles. The number of hydrogen-bond acceptors (Lipinski definition) is 6. The smallest absolute Gasteiger partial charge is 0.331 e. The molecule has 2 fully saturated rings. The molecular formula is C22H29F3N6O3S2. The first kappa shape index (κ1) is 28.3. The van der Waals surface area contributed by atoms with Crippen LogP contribution in [-0.2, 0) is 21.2 Å². The van der Waals surface area contributed by atoms with Gasteiger partial charge in [0.2, 0.25) is 0 Å². The predicted molar refractivity (Wildman–Crippen MR) is 132 cm³/mol. The molecule has 14 heteroatoms. The topological polar surface area (TPSA) is 100.0 Å². The lowest BCUT2D eigenvalue weighted by atomic mass is 9.97. The molecule has 0 atom stereocenters. The zero-order valence-corrected chi connectivity index (χ0v) is 22.1. The van der Waals surface area contributed by atoms with Crippen molar-refractivity contribution in [1.82, 2.24) is 18.8 Å². The van der Waals surface area contributed by atoms with Crippen LogP contribution in [0.5, 0.6) is 0 Å². The monoisotopic (exact) mass is 546 g/mol. The number of likely N-dealkylation sites (N-methyl/N-ethyl adjacent to an activating group) is 1. The van der Waals surface area contributed by atoms with Crippen LogP contribution in [0.2, 0.25) is 0 Å². The van der Waals surface area contributed by atoms with E-state index in [1.54, 1.807) is 18.7 Å². The summed E-state index contributed by atoms with van der Waals surface area (Å²) in [7, 11) is 0.0172. The summed E-state index contributed by atoms with van der Waals surface area (Å²) in [6.07, 6.45) is -4.00. The van der Waals surface area contributed by atoms with E-state index in [0.717, 1.165) is 17.0 Å². The van der Waals surface area contributed by atoms with Crippen molar-refractivity contribution in [2.45, 2.75) is 44.4 Å². The molecule has 1 amide bonds. The standard InChI is InChI=1S/C22H29F3N6O3S2/c1-21(2)19(32)30(17-6-5-15(14-26)18(13-17)22(23,24)25)20(35)31(21)16-7-10-29(11-8-16)36(33,34)27-9-12-28(3)4/h5-6,13,16,27H,7-12H2,1-4H3. The number of thiocarbonyl (C=S) groups is 1. The number of halogens is 3. The van der Waals surface area contributed by atoms with Gasteiger partial charge in [0, 0.05) is 32.2 Å². The highest BCUT2D eigenvalue weighted by Crippen LogP contribution is 2.39. The Morgan fingerprint density at radius 2 is 1.86 bits per heavy atom. The number of benzene rings is 1. The van der Waals surface area contributed by atoms with E-state index in [-0.39, 0.29) is 36.5 Å². The molecule has 2 heterocycles. The zero-order valence-electron chi connectivity index (χ0n) is 20.5. The second-order valence-electron chi connectivity index (χ2n) is 9.52. The van der Waals surface area contributed by atoms with Crippen molar-refractivity contribution in [3.8, 4) is 6.07 Å². The number of amides is 1. The van der Waals surface area contributed by atoms with Gasteiger partial charge in [0.15, 0.2) is 5.11 Å². The van der Waals surface area contributed by atoms with Crippen molar-refractivity contribution < 1.29 is 26.4 Å². The van der Waals surface area contributed by atoms with Crippen LogP contribution in [0.15, 0.2) is 18.2 Å². The van der Waals surface area contributed by atoms with Crippen LogP contribution in [0, 0.1) is 11.3 Å². The highest BCUT2D eigenvalue weighted by molar-refractivity contribution is 7.87. The molecular weight excluding hydrogens is 517 g/mol. The number of rotatable bonds is 7. The van der Waals surface area contributed by atoms with E-state index in [1.165, 1.54) is 16.4 Å². The number of carbonyl (C=O) groups excluding carboxylic acids is 1. The second kappa shape index (κ2) is 10.2. The molecule has 9 nitrogen and oxygen atoms in total. The molecule has 0 unspecified atom stereocenters. The molecule has 0 bridgehead atoms. The fourth-order valence-corrected chi connectivity index (χ4v) is 6.27. The number of nitrogens with zero attached hydrogens (tertiary/aromatic N) is 5. The predicted octanol–water partition coefficient (Wildman–Crippen LogP) is 2.15. The van der Waals surface area contributed by atoms with Gasteiger partial charge in [0.1, 0.15) is 5.54 Å². The molecule has 0 aliphatic carbocycles. The summed E-state index contributed by atoms with van der Waals surface area (Å²) in [5.41, 5.74) is -2.92. The highest BCUT2D eigenvalue weighted by Gasteiger charge is 2.53. The molecule has 36 heavy (non-hydrogen) atoms. The summed E-state index contributed by atoms with van der Waals surface area (Å²) in [5.74, 6) is -0.495. The fourth-order valence-electron chi connectivity index (χ4n) is 4.48. The zero-order chi connectivity index (χ0) is 27.1. The van der Waals surface area contributed by atoms with Gasteiger partial charge < -0.3 is 9.80 Å². The van der Waals surface area contributed by atoms with Gasteiger partial charge in [-0.05, 0) is 71.2 Å². The largest absolute Gasteiger partial charge is 0.417 e. The fraction of sp³-hybridized carbons (Fsp3) is 0.591. The van der Waals surface area contributed by atoms with Crippen LogP contribution in [0.4, 0.5) is 18.9 Å². The lowest BCUT2D eigenvalue weighted by Gasteiger charge is -2.41. The van der Waals surface area contributed by atoms with Crippen molar-refractivity contribution in [2.75, 3.05) is 45.2 Å². The van der Waals surface area contributed by atoms with Gasteiger partial charge in [-0.15, -0.1) is 0 Å². The maximum atomic E-state index is 13.5. The number of nitriles is 1. The quantitative estimate of drug-likeness (QED) is 0.523. The number of anilines is 1. The normalized spacial score (nSPS) is 19.9. The third kappa shape index (κ3) is 5.50. The molecule has 1 aromatic carbocycles. The van der Waals surface area contributed by atoms with Crippen LogP contribution >= 0.6 is 12.2 Å². The van der Waals surface area contributed by atoms with E-state index in [2.05, 4.69) is 4.72 Å². The number of hydrogen-bond donors (Lipinski definition) is 1. The van der Waals surface area contributed by atoms with Crippen molar-refractivity contribution in [1.29, 1.82) is 5.26 Å². The van der Waals surface area contributed by atoms with E-state index in [0.29, 0.717) is 19.4 Å². The summed E-state index contributed by atoms with van der Waals surface area (Å²) >= 11 is 5.57. The molecule has 2 aliphatic rings. The first-order chi connectivity index (χ1) is 16.6. The average Bonchev–Trinajstić information content (AvgIpc) is 2.96. The lowest BCUT2D eigenvalue weighted by molar-refractivity contribution is -0.137. The summed E-state index contributed by atoms with van der Waals surface area (Å²) in [4.78, 5) is 18.0. The summed E-state index contributed by atoms with van der Waals surface area (Å²) in [6.45, 7) is 4.52. The summed E-state index contributed by atoms with van der Waals surface area (Å²) in [6, 6.07) is 4.30. The Bertz CT molecular complexity index is 1170. The Morgan fingerprint density at radius 3 is 2.39 bits per heavy atom. The Hall–Kier alpha value is -2.31. The van der Waals surface area contributed by atoms with Gasteiger partial charge in [0.25, 0.3) is 16.1 Å². The molecule has 0 aromatic heterocycles. The Morgan fingerprint density at radius 1 is 1.25 bits per heavy atom. The average molecular weight is 547 g/mol. The maximum absolute atomic E-state index is 13.5. The number of alkyl halides is 3. The van der Waals surface area contributed by atoms with Crippen LogP contribution in [0.1, 0.15) is 37.8 Å². The molecule has 0 radical (unpaired) electrons. The Kier molecular flexibility index (Phi) is 8.02. The molecule has 2 aliphatic heterocycles. The Balaban J connectivity index is 1.80. The van der Waals surface area contributed by atoms with Crippen molar-refractivity contribution in [2.24, 2.45) is 0 Å². The molecule has 3 rings (SSSR count). The highest BCUT2D eigenvalue weighted by atomic mass is 32.2. The third-order valence-corrected chi connectivity index (χ3v) is 8.38. The van der Waals surface area contributed by atoms with Crippen molar-refractivity contribution in [3.63, 3.8) is 0 Å². The van der Waals surface area contributed by atoms with E-state index < -0.39 is 39.0 Å². The number of nitrogens with one attached hydrogen (secondary N) is 1. The summed E-state index contributed by atoms with van der Waals surface area (Å²) in [5, 5.41) is 9.12. The van der Waals surface area contributed by atoms with E-state index in [4.69, 9.17) is 17.5 Å². The molecule has 0 spiro atoms.